The van der Waals surface area contributed by atoms with Gasteiger partial charge < -0.3 is 15.2 Å². The van der Waals surface area contributed by atoms with Gasteiger partial charge in [0.15, 0.2) is 0 Å². The van der Waals surface area contributed by atoms with Crippen LogP contribution in [0.2, 0.25) is 0 Å². The van der Waals surface area contributed by atoms with E-state index in [-0.39, 0.29) is 17.6 Å². The number of nitrogens with one attached hydrogen (secondary N) is 1. The molecule has 5 atom stereocenters. The highest BCUT2D eigenvalue weighted by molar-refractivity contribution is 5.67. The molecule has 2 saturated carbocycles. The summed E-state index contributed by atoms with van der Waals surface area (Å²) >= 11 is 0. The zero-order valence-electron chi connectivity index (χ0n) is 15.3. The van der Waals surface area contributed by atoms with E-state index in [1.54, 1.807) is 0 Å². The van der Waals surface area contributed by atoms with E-state index >= 15 is 0 Å². The van der Waals surface area contributed by atoms with Gasteiger partial charge in [0.05, 0.1) is 6.61 Å². The Morgan fingerprint density at radius 3 is 2.96 bits per heavy atom. The minimum Gasteiger partial charge on any atom is -0.508 e. The van der Waals surface area contributed by atoms with Crippen molar-refractivity contribution in [3.05, 3.63) is 29.3 Å². The molecule has 0 heterocycles. The average Bonchev–Trinajstić information content (AvgIpc) is 2.91. The number of alkyl carbamates (subject to hydrolysis) is 1. The lowest BCUT2D eigenvalue weighted by Gasteiger charge is -2.50. The van der Waals surface area contributed by atoms with E-state index < -0.39 is 0 Å². The van der Waals surface area contributed by atoms with Crippen LogP contribution in [-0.2, 0) is 11.2 Å². The molecule has 2 fully saturated rings. The van der Waals surface area contributed by atoms with Crippen molar-refractivity contribution in [2.75, 3.05) is 6.61 Å². The summed E-state index contributed by atoms with van der Waals surface area (Å²) in [4.78, 5) is 11.9. The number of aromatic hydroxyl groups is 1. The van der Waals surface area contributed by atoms with Gasteiger partial charge in [-0.3, -0.25) is 0 Å². The Morgan fingerprint density at radius 1 is 1.32 bits per heavy atom. The summed E-state index contributed by atoms with van der Waals surface area (Å²) in [6, 6.07) is 6.18. The monoisotopic (exact) mass is 342 g/mol. The van der Waals surface area contributed by atoms with Gasteiger partial charge in [0.2, 0.25) is 0 Å². The minimum atomic E-state index is -0.263. The first-order valence-corrected chi connectivity index (χ1v) is 9.78. The van der Waals surface area contributed by atoms with Gasteiger partial charge in [0, 0.05) is 6.04 Å². The van der Waals surface area contributed by atoms with Crippen molar-refractivity contribution in [1.29, 1.82) is 0 Å². The summed E-state index contributed by atoms with van der Waals surface area (Å²) in [6.45, 7) is 4.65. The van der Waals surface area contributed by atoms with Crippen LogP contribution in [0.25, 0.3) is 0 Å². The molecule has 1 aromatic carbocycles. The topological polar surface area (TPSA) is 58.6 Å². The first-order chi connectivity index (χ1) is 12.0. The molecule has 1 aromatic rings. The van der Waals surface area contributed by atoms with Crippen LogP contribution in [0.4, 0.5) is 4.79 Å². The molecule has 3 aliphatic carbocycles. The second-order valence-electron chi connectivity index (χ2n) is 8.34. The van der Waals surface area contributed by atoms with Crippen LogP contribution in [0.5, 0.6) is 5.75 Å². The maximum Gasteiger partial charge on any atom is 0.407 e. The van der Waals surface area contributed by atoms with Crippen molar-refractivity contribution in [1.82, 2.24) is 5.32 Å². The molecule has 0 spiro atoms. The van der Waals surface area contributed by atoms with Crippen LogP contribution in [0.1, 0.15) is 63.0 Å². The Kier molecular flexibility index (Phi) is 4.17. The summed E-state index contributed by atoms with van der Waals surface area (Å²) in [7, 11) is 0. The molecule has 0 bridgehead atoms. The molecular formula is C21H29NO3. The molecule has 0 saturated heterocycles. The van der Waals surface area contributed by atoms with Gasteiger partial charge in [-0.2, -0.15) is 0 Å². The van der Waals surface area contributed by atoms with Gasteiger partial charge >= 0.3 is 6.09 Å². The SMILES string of the molecule is CCO[11C](=O)N[C@H]1CC[C@H]2[C@@H]3CCc4cc(O)ccc4[C@H]3CC[C@]12C. The summed E-state index contributed by atoms with van der Waals surface area (Å²) in [5.41, 5.74) is 2.98. The van der Waals surface area contributed by atoms with E-state index in [0.29, 0.717) is 30.1 Å². The molecule has 4 heteroatoms. The molecule has 3 aliphatic rings. The largest absolute Gasteiger partial charge is 0.508 e. The van der Waals surface area contributed by atoms with Gasteiger partial charge in [0.25, 0.3) is 0 Å². The number of carbonyl (C=O) groups excluding carboxylic acids is 1. The Bertz CT molecular complexity index is 673. The Morgan fingerprint density at radius 2 is 2.16 bits per heavy atom. The van der Waals surface area contributed by atoms with Gasteiger partial charge in [-0.1, -0.05) is 13.0 Å². The van der Waals surface area contributed by atoms with E-state index in [0.717, 1.165) is 19.3 Å². The molecule has 0 aliphatic heterocycles. The normalized spacial score (nSPS) is 36.1. The lowest BCUT2D eigenvalue weighted by atomic mass is 9.55. The highest BCUT2D eigenvalue weighted by atomic mass is 16.5. The van der Waals surface area contributed by atoms with Crippen molar-refractivity contribution in [3.63, 3.8) is 0 Å². The van der Waals surface area contributed by atoms with Crippen molar-refractivity contribution in [2.45, 2.75) is 64.3 Å². The maximum absolute atomic E-state index is 11.9. The number of aryl methyl sites for hydroxylation is 1. The maximum atomic E-state index is 11.9. The number of carbonyl (C=O) groups is 1. The van der Waals surface area contributed by atoms with Gasteiger partial charge in [-0.05, 0) is 91.9 Å². The number of amides is 1. The number of fused-ring (bicyclic) bond motifs is 5. The Balaban J connectivity index is 1.56. The fraction of sp³-hybridized carbons (Fsp3) is 0.667. The van der Waals surface area contributed by atoms with Crippen LogP contribution in [-0.4, -0.2) is 23.8 Å². The number of hydrogen-bond acceptors (Lipinski definition) is 3. The zero-order valence-corrected chi connectivity index (χ0v) is 15.3. The predicted octanol–water partition coefficient (Wildman–Crippen LogP) is 4.36. The molecule has 0 radical (unpaired) electrons. The number of phenols is 1. The molecule has 4 nitrogen and oxygen atoms in total. The molecule has 0 aromatic heterocycles. The number of hydrogen-bond donors (Lipinski definition) is 2. The van der Waals surface area contributed by atoms with Crippen LogP contribution >= 0.6 is 0 Å². The van der Waals surface area contributed by atoms with Crippen LogP contribution in [0, 0.1) is 17.3 Å². The third-order valence-electron chi connectivity index (χ3n) is 7.28. The van der Waals surface area contributed by atoms with Crippen molar-refractivity contribution in [3.8, 4) is 5.75 Å². The number of benzene rings is 1. The van der Waals surface area contributed by atoms with E-state index in [2.05, 4.69) is 18.3 Å². The Hall–Kier alpha value is -1.71. The van der Waals surface area contributed by atoms with Crippen LogP contribution in [0.15, 0.2) is 18.2 Å². The molecule has 0 unspecified atom stereocenters. The van der Waals surface area contributed by atoms with Crippen molar-refractivity contribution >= 4 is 6.09 Å². The van der Waals surface area contributed by atoms with Gasteiger partial charge in [-0.15, -0.1) is 0 Å². The van der Waals surface area contributed by atoms with Crippen molar-refractivity contribution < 1.29 is 14.6 Å². The summed E-state index contributed by atoms with van der Waals surface area (Å²) in [5.74, 6) is 2.37. The Labute approximate surface area is 150 Å². The smallest absolute Gasteiger partial charge is 0.407 e. The number of ether oxygens (including phenoxy) is 1. The summed E-state index contributed by atoms with van der Waals surface area (Å²) in [5, 5.41) is 12.9. The van der Waals surface area contributed by atoms with Gasteiger partial charge in [0.1, 0.15) is 5.75 Å². The molecule has 136 valence electrons. The second-order valence-corrected chi connectivity index (χ2v) is 8.34. The van der Waals surface area contributed by atoms with E-state index in [1.807, 2.05) is 19.1 Å². The molecule has 4 rings (SSSR count). The third-order valence-corrected chi connectivity index (χ3v) is 7.28. The standard InChI is InChI=1S/C21H29NO3/c1-3-25-20(24)22-19-9-8-18-17-6-4-13-12-14(23)5-7-15(13)16(17)10-11-21(18,19)2/h5,7,12,16-19,23H,3-4,6,8-11H2,1-2H3,(H,22,24)/t16-,17-,18+,19+,21+/m1/s1/i20-1. The highest BCUT2D eigenvalue weighted by Gasteiger charge is 2.55. The van der Waals surface area contributed by atoms with Gasteiger partial charge in [-0.25, -0.2) is 4.79 Å². The van der Waals surface area contributed by atoms with E-state index in [4.69, 9.17) is 4.74 Å². The quantitative estimate of drug-likeness (QED) is 0.839. The summed E-state index contributed by atoms with van der Waals surface area (Å²) < 4.78 is 5.12. The summed E-state index contributed by atoms with van der Waals surface area (Å²) in [6.07, 6.45) is 6.59. The molecule has 1 amide bonds. The van der Waals surface area contributed by atoms with Crippen molar-refractivity contribution in [2.24, 2.45) is 17.3 Å². The molecule has 2 N–H and O–H groups in total. The minimum absolute atomic E-state index is 0.183. The van der Waals surface area contributed by atoms with E-state index in [9.17, 15) is 9.90 Å². The van der Waals surface area contributed by atoms with E-state index in [1.165, 1.54) is 30.4 Å². The fourth-order valence-electron chi connectivity index (χ4n) is 6.12. The lowest BCUT2D eigenvalue weighted by molar-refractivity contribution is 0.0395. The molecular weight excluding hydrogens is 313 g/mol. The first-order valence-electron chi connectivity index (χ1n) is 9.78. The first kappa shape index (κ1) is 16.7. The predicted molar refractivity (Wildman–Crippen MR) is 96.7 cm³/mol. The zero-order chi connectivity index (χ0) is 17.6. The van der Waals surface area contributed by atoms with Crippen LogP contribution in [0.3, 0.4) is 0 Å². The van der Waals surface area contributed by atoms with Crippen LogP contribution < -0.4 is 5.32 Å². The fourth-order valence-corrected chi connectivity index (χ4v) is 6.12. The second kappa shape index (κ2) is 6.22. The third kappa shape index (κ3) is 2.70. The average molecular weight is 342 g/mol. The number of rotatable bonds is 2. The number of phenolic OH excluding ortho intramolecular Hbond substituents is 1. The lowest BCUT2D eigenvalue weighted by Crippen LogP contribution is -2.50. The highest BCUT2D eigenvalue weighted by Crippen LogP contribution is 2.60. The molecule has 25 heavy (non-hydrogen) atoms.